The fourth-order valence-corrected chi connectivity index (χ4v) is 2.24. The predicted molar refractivity (Wildman–Crippen MR) is 97.6 cm³/mol. The van der Waals surface area contributed by atoms with Gasteiger partial charge in [0.15, 0.2) is 5.82 Å². The second-order valence-electron chi connectivity index (χ2n) is 5.68. The molecule has 0 atom stereocenters. The number of halogens is 1. The molecule has 0 radical (unpaired) electrons. The Bertz CT molecular complexity index is 835. The molecule has 0 fully saturated rings. The van der Waals surface area contributed by atoms with Crippen molar-refractivity contribution in [1.29, 1.82) is 0 Å². The molecule has 0 unspecified atom stereocenters. The van der Waals surface area contributed by atoms with Crippen molar-refractivity contribution in [3.05, 3.63) is 66.1 Å². The molecule has 0 amide bonds. The van der Waals surface area contributed by atoms with Crippen molar-refractivity contribution in [3.63, 3.8) is 0 Å². The van der Waals surface area contributed by atoms with E-state index in [2.05, 4.69) is 25.8 Å². The summed E-state index contributed by atoms with van der Waals surface area (Å²) in [6.07, 6.45) is 1.50. The summed E-state index contributed by atoms with van der Waals surface area (Å²) >= 11 is 0. The lowest BCUT2D eigenvalue weighted by Gasteiger charge is -2.13. The van der Waals surface area contributed by atoms with Crippen LogP contribution in [0.5, 0.6) is 0 Å². The molecule has 0 saturated carbocycles. The monoisotopic (exact) mass is 338 g/mol. The summed E-state index contributed by atoms with van der Waals surface area (Å²) in [7, 11) is 3.97. The summed E-state index contributed by atoms with van der Waals surface area (Å²) in [4.78, 5) is 6.36. The number of aromatic nitrogens is 3. The highest BCUT2D eigenvalue weighted by Gasteiger charge is 2.04. The minimum Gasteiger partial charge on any atom is -0.378 e. The van der Waals surface area contributed by atoms with Gasteiger partial charge in [0.25, 0.3) is 0 Å². The third-order valence-electron chi connectivity index (χ3n) is 3.62. The Morgan fingerprint density at radius 3 is 2.52 bits per heavy atom. The predicted octanol–water partition coefficient (Wildman–Crippen LogP) is 3.43. The number of nitrogens with zero attached hydrogens (tertiary/aromatic N) is 4. The zero-order chi connectivity index (χ0) is 17.6. The first-order valence-electron chi connectivity index (χ1n) is 7.83. The standard InChI is InChI=1S/C18H19FN6/c1-25(2)15-9-7-14(8-10-15)22-18-23-17(12-21-24-18)20-11-13-5-3-4-6-16(13)19/h3-10,12H,11H2,1-2H3,(H2,20,22,23,24). The fourth-order valence-electron chi connectivity index (χ4n) is 2.24. The summed E-state index contributed by atoms with van der Waals surface area (Å²) in [5.74, 6) is 0.637. The molecule has 3 aromatic rings. The molecule has 3 rings (SSSR count). The highest BCUT2D eigenvalue weighted by Crippen LogP contribution is 2.18. The zero-order valence-electron chi connectivity index (χ0n) is 14.1. The van der Waals surface area contributed by atoms with E-state index < -0.39 is 0 Å². The van der Waals surface area contributed by atoms with Crippen LogP contribution in [-0.4, -0.2) is 29.3 Å². The first kappa shape index (κ1) is 16.6. The van der Waals surface area contributed by atoms with Crippen LogP contribution in [0.3, 0.4) is 0 Å². The van der Waals surface area contributed by atoms with Gasteiger partial charge < -0.3 is 15.5 Å². The summed E-state index contributed by atoms with van der Waals surface area (Å²) in [5.41, 5.74) is 2.53. The van der Waals surface area contributed by atoms with Crippen molar-refractivity contribution < 1.29 is 4.39 Å². The van der Waals surface area contributed by atoms with Crippen molar-refractivity contribution in [2.75, 3.05) is 29.6 Å². The van der Waals surface area contributed by atoms with E-state index in [9.17, 15) is 4.39 Å². The van der Waals surface area contributed by atoms with Crippen molar-refractivity contribution >= 4 is 23.1 Å². The van der Waals surface area contributed by atoms with Crippen LogP contribution in [-0.2, 0) is 6.54 Å². The molecular formula is C18H19FN6. The second kappa shape index (κ2) is 7.57. The molecule has 0 spiro atoms. The normalized spacial score (nSPS) is 10.4. The van der Waals surface area contributed by atoms with Gasteiger partial charge in [-0.25, -0.2) is 4.39 Å². The number of rotatable bonds is 6. The van der Waals surface area contributed by atoms with Gasteiger partial charge in [-0.1, -0.05) is 18.2 Å². The molecule has 0 bridgehead atoms. The number of hydrogen-bond acceptors (Lipinski definition) is 6. The average molecular weight is 338 g/mol. The number of nitrogens with one attached hydrogen (secondary N) is 2. The van der Waals surface area contributed by atoms with Crippen LogP contribution in [0.25, 0.3) is 0 Å². The molecule has 1 heterocycles. The van der Waals surface area contributed by atoms with Gasteiger partial charge in [0.2, 0.25) is 5.95 Å². The maximum Gasteiger partial charge on any atom is 0.249 e. The fraction of sp³-hybridized carbons (Fsp3) is 0.167. The largest absolute Gasteiger partial charge is 0.378 e. The van der Waals surface area contributed by atoms with Crippen LogP contribution in [0.1, 0.15) is 5.56 Å². The molecule has 2 N–H and O–H groups in total. The van der Waals surface area contributed by atoms with E-state index in [1.807, 2.05) is 43.3 Å². The van der Waals surface area contributed by atoms with E-state index in [-0.39, 0.29) is 5.82 Å². The highest BCUT2D eigenvalue weighted by molar-refractivity contribution is 5.59. The summed E-state index contributed by atoms with van der Waals surface area (Å²) in [5, 5.41) is 14.0. The minimum absolute atomic E-state index is 0.253. The van der Waals surface area contributed by atoms with Gasteiger partial charge in [-0.2, -0.15) is 10.1 Å². The quantitative estimate of drug-likeness (QED) is 0.718. The summed E-state index contributed by atoms with van der Waals surface area (Å²) in [6, 6.07) is 14.5. The Kier molecular flexibility index (Phi) is 5.03. The van der Waals surface area contributed by atoms with E-state index in [0.29, 0.717) is 23.9 Å². The Hall–Kier alpha value is -3.22. The van der Waals surface area contributed by atoms with E-state index in [1.165, 1.54) is 12.3 Å². The molecule has 0 aliphatic carbocycles. The lowest BCUT2D eigenvalue weighted by atomic mass is 10.2. The summed E-state index contributed by atoms with van der Waals surface area (Å²) < 4.78 is 13.6. The maximum absolute atomic E-state index is 13.6. The van der Waals surface area contributed by atoms with Gasteiger partial charge in [-0.3, -0.25) is 0 Å². The van der Waals surface area contributed by atoms with E-state index in [0.717, 1.165) is 11.4 Å². The van der Waals surface area contributed by atoms with Crippen LogP contribution >= 0.6 is 0 Å². The first-order valence-corrected chi connectivity index (χ1v) is 7.83. The Morgan fingerprint density at radius 2 is 1.80 bits per heavy atom. The number of benzene rings is 2. The van der Waals surface area contributed by atoms with Crippen LogP contribution in [0.15, 0.2) is 54.7 Å². The Balaban J connectivity index is 1.66. The van der Waals surface area contributed by atoms with E-state index >= 15 is 0 Å². The van der Waals surface area contributed by atoms with Gasteiger partial charge in [-0.05, 0) is 30.3 Å². The molecule has 7 heteroatoms. The number of hydrogen-bond donors (Lipinski definition) is 2. The third-order valence-corrected chi connectivity index (χ3v) is 3.62. The van der Waals surface area contributed by atoms with Crippen molar-refractivity contribution in [1.82, 2.24) is 15.2 Å². The smallest absolute Gasteiger partial charge is 0.249 e. The molecule has 2 aromatic carbocycles. The van der Waals surface area contributed by atoms with Gasteiger partial charge in [0, 0.05) is 37.6 Å². The lowest BCUT2D eigenvalue weighted by molar-refractivity contribution is 0.613. The van der Waals surface area contributed by atoms with Gasteiger partial charge in [0.05, 0.1) is 6.20 Å². The lowest BCUT2D eigenvalue weighted by Crippen LogP contribution is -2.08. The zero-order valence-corrected chi connectivity index (χ0v) is 14.1. The van der Waals surface area contributed by atoms with Gasteiger partial charge >= 0.3 is 0 Å². The molecule has 1 aromatic heterocycles. The topological polar surface area (TPSA) is 66.0 Å². The van der Waals surface area contributed by atoms with Crippen LogP contribution in [0, 0.1) is 5.82 Å². The van der Waals surface area contributed by atoms with E-state index in [4.69, 9.17) is 0 Å². The molecule has 0 saturated heterocycles. The van der Waals surface area contributed by atoms with E-state index in [1.54, 1.807) is 18.2 Å². The maximum atomic E-state index is 13.6. The van der Waals surface area contributed by atoms with Crippen molar-refractivity contribution in [2.45, 2.75) is 6.54 Å². The highest BCUT2D eigenvalue weighted by atomic mass is 19.1. The Morgan fingerprint density at radius 1 is 1.04 bits per heavy atom. The molecule has 25 heavy (non-hydrogen) atoms. The first-order chi connectivity index (χ1) is 12.1. The third kappa shape index (κ3) is 4.41. The van der Waals surface area contributed by atoms with Crippen LogP contribution in [0.4, 0.5) is 27.5 Å². The van der Waals surface area contributed by atoms with Gasteiger partial charge in [0.1, 0.15) is 5.82 Å². The van der Waals surface area contributed by atoms with Crippen LogP contribution in [0.2, 0.25) is 0 Å². The van der Waals surface area contributed by atoms with Crippen LogP contribution < -0.4 is 15.5 Å². The number of anilines is 4. The Labute approximate surface area is 145 Å². The molecular weight excluding hydrogens is 319 g/mol. The average Bonchev–Trinajstić information content (AvgIpc) is 2.62. The van der Waals surface area contributed by atoms with Gasteiger partial charge in [-0.15, -0.1) is 5.10 Å². The molecule has 0 aliphatic heterocycles. The molecule has 128 valence electrons. The summed E-state index contributed by atoms with van der Waals surface area (Å²) in [6.45, 7) is 0.322. The minimum atomic E-state index is -0.253. The molecule has 0 aliphatic rings. The SMILES string of the molecule is CN(C)c1ccc(Nc2nncc(NCc3ccccc3F)n2)cc1. The van der Waals surface area contributed by atoms with Crippen molar-refractivity contribution in [2.24, 2.45) is 0 Å². The molecule has 6 nitrogen and oxygen atoms in total. The van der Waals surface area contributed by atoms with Crippen molar-refractivity contribution in [3.8, 4) is 0 Å². The second-order valence-corrected chi connectivity index (χ2v) is 5.68.